The topological polar surface area (TPSA) is 7.76 Å². The van der Waals surface area contributed by atoms with Crippen LogP contribution in [0.3, 0.4) is 0 Å². The van der Waals surface area contributed by atoms with Gasteiger partial charge in [-0.15, -0.1) is 0 Å². The van der Waals surface area contributed by atoms with Crippen molar-refractivity contribution in [2.75, 3.05) is 0 Å². The molecule has 2 aromatic heterocycles. The lowest BCUT2D eigenvalue weighted by molar-refractivity contribution is -0.697. The molecule has 0 fully saturated rings. The molecule has 2 nitrogen and oxygen atoms in total. The van der Waals surface area contributed by atoms with Crippen LogP contribution in [0.2, 0.25) is 0 Å². The van der Waals surface area contributed by atoms with E-state index in [1.807, 2.05) is 0 Å². The predicted molar refractivity (Wildman–Crippen MR) is 140 cm³/mol. The highest BCUT2D eigenvalue weighted by atomic mass is 14.9. The number of hydrogen-bond donors (Lipinski definition) is 0. The second-order valence-corrected chi connectivity index (χ2v) is 10.1. The van der Waals surface area contributed by atoms with Gasteiger partial charge < -0.3 is 0 Å². The minimum atomic E-state index is 0.00459. The zero-order valence-corrected chi connectivity index (χ0v) is 20.8. The molecule has 4 aromatic rings. The van der Waals surface area contributed by atoms with Gasteiger partial charge in [-0.1, -0.05) is 70.4 Å². The van der Waals surface area contributed by atoms with Crippen molar-refractivity contribution in [3.63, 3.8) is 0 Å². The molecule has 0 unspecified atom stereocenters. The molecule has 0 bridgehead atoms. The molecule has 0 saturated heterocycles. The van der Waals surface area contributed by atoms with Crippen LogP contribution < -0.4 is 9.13 Å². The van der Waals surface area contributed by atoms with Crippen molar-refractivity contribution in [1.82, 2.24) is 0 Å². The Kier molecular flexibility index (Phi) is 6.32. The fourth-order valence-corrected chi connectivity index (χ4v) is 5.32. The molecule has 0 spiro atoms. The van der Waals surface area contributed by atoms with Crippen LogP contribution in [0.1, 0.15) is 64.0 Å². The second-order valence-electron chi connectivity index (χ2n) is 10.1. The van der Waals surface area contributed by atoms with Gasteiger partial charge in [-0.25, -0.2) is 4.57 Å². The van der Waals surface area contributed by atoms with Crippen LogP contribution >= 0.6 is 0 Å². The van der Waals surface area contributed by atoms with Crippen molar-refractivity contribution in [2.45, 2.75) is 64.8 Å². The van der Waals surface area contributed by atoms with E-state index in [9.17, 15) is 0 Å². The molecule has 0 aliphatic heterocycles. The summed E-state index contributed by atoms with van der Waals surface area (Å²) in [4.78, 5) is 0. The van der Waals surface area contributed by atoms with E-state index < -0.39 is 0 Å². The van der Waals surface area contributed by atoms with Gasteiger partial charge in [-0.05, 0) is 40.3 Å². The Labute approximate surface area is 204 Å². The number of pyridine rings is 2. The largest absolute Gasteiger partial charge is 0.210 e. The van der Waals surface area contributed by atoms with Gasteiger partial charge in [0.1, 0.15) is 6.54 Å². The van der Waals surface area contributed by atoms with Crippen molar-refractivity contribution in [3.05, 3.63) is 103 Å². The SMILES string of the molecule is CCCCCCC[n+]1ccc2c(c1)C(C)(C)c1cc(-c3cc[n+](-c4ccccc4)cc3)ccc1-2. The molecular weight excluding hydrogens is 412 g/mol. The van der Waals surface area contributed by atoms with Crippen LogP contribution in [0.4, 0.5) is 0 Å². The minimum absolute atomic E-state index is 0.00459. The summed E-state index contributed by atoms with van der Waals surface area (Å²) in [5.74, 6) is 0. The van der Waals surface area contributed by atoms with E-state index in [0.29, 0.717) is 0 Å². The molecule has 2 aromatic carbocycles. The quantitative estimate of drug-likeness (QED) is 0.199. The van der Waals surface area contributed by atoms with Crippen molar-refractivity contribution >= 4 is 0 Å². The highest BCUT2D eigenvalue weighted by Gasteiger charge is 2.37. The second kappa shape index (κ2) is 9.54. The first-order chi connectivity index (χ1) is 16.6. The van der Waals surface area contributed by atoms with Crippen LogP contribution in [-0.4, -0.2) is 0 Å². The van der Waals surface area contributed by atoms with Crippen molar-refractivity contribution in [1.29, 1.82) is 0 Å². The van der Waals surface area contributed by atoms with E-state index in [-0.39, 0.29) is 5.41 Å². The number of fused-ring (bicyclic) bond motifs is 3. The van der Waals surface area contributed by atoms with Crippen LogP contribution in [0.15, 0.2) is 91.5 Å². The molecule has 1 aliphatic rings. The lowest BCUT2D eigenvalue weighted by Crippen LogP contribution is -2.34. The van der Waals surface area contributed by atoms with E-state index in [0.717, 1.165) is 6.54 Å². The molecule has 5 rings (SSSR count). The minimum Gasteiger partial charge on any atom is -0.205 e. The Balaban J connectivity index is 1.39. The molecule has 0 atom stereocenters. The first-order valence-electron chi connectivity index (χ1n) is 12.8. The Hall–Kier alpha value is -3.26. The predicted octanol–water partition coefficient (Wildman–Crippen LogP) is 7.19. The Morgan fingerprint density at radius 2 is 1.41 bits per heavy atom. The summed E-state index contributed by atoms with van der Waals surface area (Å²) in [6, 6.07) is 24.3. The number of aromatic nitrogens is 2. The van der Waals surface area contributed by atoms with Crippen molar-refractivity contribution in [3.8, 4) is 27.9 Å². The first kappa shape index (κ1) is 22.5. The summed E-state index contributed by atoms with van der Waals surface area (Å²) in [5.41, 5.74) is 9.37. The van der Waals surface area contributed by atoms with Crippen molar-refractivity contribution < 1.29 is 9.13 Å². The summed E-state index contributed by atoms with van der Waals surface area (Å²) in [7, 11) is 0. The summed E-state index contributed by atoms with van der Waals surface area (Å²) < 4.78 is 4.57. The number of hydrogen-bond acceptors (Lipinski definition) is 0. The third-order valence-electron chi connectivity index (χ3n) is 7.41. The summed E-state index contributed by atoms with van der Waals surface area (Å²) in [5, 5.41) is 0. The third kappa shape index (κ3) is 4.30. The van der Waals surface area contributed by atoms with E-state index >= 15 is 0 Å². The maximum Gasteiger partial charge on any atom is 0.210 e. The van der Waals surface area contributed by atoms with E-state index in [1.54, 1.807) is 0 Å². The normalized spacial score (nSPS) is 13.5. The molecule has 0 saturated carbocycles. The summed E-state index contributed by atoms with van der Waals surface area (Å²) >= 11 is 0. The van der Waals surface area contributed by atoms with Gasteiger partial charge in [-0.2, -0.15) is 4.57 Å². The van der Waals surface area contributed by atoms with Crippen LogP contribution in [-0.2, 0) is 12.0 Å². The molecule has 1 aliphatic carbocycles. The Morgan fingerprint density at radius 1 is 0.676 bits per heavy atom. The molecular formula is C32H36N2+2. The summed E-state index contributed by atoms with van der Waals surface area (Å²) in [6.45, 7) is 8.14. The van der Waals surface area contributed by atoms with E-state index in [1.165, 1.54) is 71.2 Å². The van der Waals surface area contributed by atoms with Gasteiger partial charge in [-0.3, -0.25) is 0 Å². The van der Waals surface area contributed by atoms with Crippen LogP contribution in [0, 0.1) is 0 Å². The Bertz CT molecular complexity index is 1270. The van der Waals surface area contributed by atoms with Gasteiger partial charge in [0.25, 0.3) is 0 Å². The molecule has 172 valence electrons. The maximum absolute atomic E-state index is 2.41. The molecule has 0 N–H and O–H groups in total. The highest BCUT2D eigenvalue weighted by Crippen LogP contribution is 2.48. The molecule has 2 heteroatoms. The fraction of sp³-hybridized carbons (Fsp3) is 0.312. The van der Waals surface area contributed by atoms with Gasteiger partial charge in [0, 0.05) is 47.7 Å². The lowest BCUT2D eigenvalue weighted by Gasteiger charge is -2.20. The number of rotatable bonds is 8. The number of para-hydroxylation sites is 1. The standard InChI is InChI=1S/C32H36N2/c1-4-5-6-7-11-19-33-20-18-29-28-15-14-26(23-30(28)32(2,3)31(29)24-33)25-16-21-34(22-17-25)27-12-9-8-10-13-27/h8-10,12-18,20-24H,4-7,11,19H2,1-3H3/q+2. The van der Waals surface area contributed by atoms with Crippen LogP contribution in [0.25, 0.3) is 27.9 Å². The number of nitrogens with zero attached hydrogens (tertiary/aromatic N) is 2. The maximum atomic E-state index is 2.41. The number of benzene rings is 2. The number of aryl methyl sites for hydroxylation is 1. The zero-order valence-electron chi connectivity index (χ0n) is 20.8. The monoisotopic (exact) mass is 448 g/mol. The molecule has 34 heavy (non-hydrogen) atoms. The average molecular weight is 449 g/mol. The molecule has 2 heterocycles. The third-order valence-corrected chi connectivity index (χ3v) is 7.41. The fourth-order valence-electron chi connectivity index (χ4n) is 5.32. The van der Waals surface area contributed by atoms with Gasteiger partial charge in [0.15, 0.2) is 24.8 Å². The van der Waals surface area contributed by atoms with Gasteiger partial charge in [0.05, 0.1) is 0 Å². The van der Waals surface area contributed by atoms with Gasteiger partial charge in [0.2, 0.25) is 5.69 Å². The first-order valence-corrected chi connectivity index (χ1v) is 12.8. The Morgan fingerprint density at radius 3 is 2.18 bits per heavy atom. The zero-order chi connectivity index (χ0) is 23.5. The molecule has 0 amide bonds. The van der Waals surface area contributed by atoms with Crippen LogP contribution in [0.5, 0.6) is 0 Å². The highest BCUT2D eigenvalue weighted by molar-refractivity contribution is 5.82. The smallest absolute Gasteiger partial charge is 0.205 e. The van der Waals surface area contributed by atoms with Crippen molar-refractivity contribution in [2.24, 2.45) is 0 Å². The lowest BCUT2D eigenvalue weighted by atomic mass is 9.82. The number of unbranched alkanes of at least 4 members (excludes halogenated alkanes) is 4. The summed E-state index contributed by atoms with van der Waals surface area (Å²) in [6.07, 6.45) is 15.6. The molecule has 0 radical (unpaired) electrons. The average Bonchev–Trinajstić information content (AvgIpc) is 3.10. The van der Waals surface area contributed by atoms with Gasteiger partial charge >= 0.3 is 0 Å². The van der Waals surface area contributed by atoms with E-state index in [4.69, 9.17) is 0 Å². The van der Waals surface area contributed by atoms with E-state index in [2.05, 4.69) is 121 Å².